The van der Waals surface area contributed by atoms with Gasteiger partial charge in [0.05, 0.1) is 6.61 Å². The van der Waals surface area contributed by atoms with Gasteiger partial charge in [0.25, 0.3) is 0 Å². The summed E-state index contributed by atoms with van der Waals surface area (Å²) in [6, 6.07) is 5.80. The van der Waals surface area contributed by atoms with Crippen LogP contribution in [0.25, 0.3) is 0 Å². The Balaban J connectivity index is 1.65. The molecular weight excluding hydrogens is 318 g/mol. The molecule has 5 nitrogen and oxygen atoms in total. The molecule has 1 unspecified atom stereocenters. The number of allylic oxidation sites excluding steroid dienone is 1. The number of benzene rings is 1. The van der Waals surface area contributed by atoms with Gasteiger partial charge in [0.15, 0.2) is 0 Å². The first kappa shape index (κ1) is 18.2. The van der Waals surface area contributed by atoms with Gasteiger partial charge in [-0.2, -0.15) is 0 Å². The Morgan fingerprint density at radius 1 is 1.28 bits per heavy atom. The Kier molecular flexibility index (Phi) is 5.99. The lowest BCUT2D eigenvalue weighted by molar-refractivity contribution is -0.131. The molecule has 2 bridgehead atoms. The molecule has 25 heavy (non-hydrogen) atoms. The van der Waals surface area contributed by atoms with Gasteiger partial charge in [-0.15, -0.1) is 6.58 Å². The number of aliphatic hydroxyl groups is 1. The molecule has 3 aliphatic rings. The molecule has 4 rings (SSSR count). The zero-order valence-electron chi connectivity index (χ0n) is 15.1. The lowest BCUT2D eigenvalue weighted by Crippen LogP contribution is -2.61. The van der Waals surface area contributed by atoms with Gasteiger partial charge < -0.3 is 24.2 Å². The first-order valence-corrected chi connectivity index (χ1v) is 9.08. The van der Waals surface area contributed by atoms with Gasteiger partial charge in [-0.3, -0.25) is 0 Å². The highest BCUT2D eigenvalue weighted by Crippen LogP contribution is 2.36. The highest BCUT2D eigenvalue weighted by molar-refractivity contribution is 5.41. The Morgan fingerprint density at radius 3 is 2.72 bits per heavy atom. The third-order valence-electron chi connectivity index (χ3n) is 5.27. The number of fused-ring (bicyclic) bond motifs is 3. The molecule has 1 aromatic rings. The number of hydrogen-bond donors (Lipinski definition) is 1. The summed E-state index contributed by atoms with van der Waals surface area (Å²) in [5, 5.41) is 11.0. The van der Waals surface area contributed by atoms with Gasteiger partial charge in [0, 0.05) is 19.2 Å². The van der Waals surface area contributed by atoms with Crippen molar-refractivity contribution in [2.45, 2.75) is 24.9 Å². The lowest BCUT2D eigenvalue weighted by atomic mass is 9.76. The molecule has 5 heteroatoms. The first-order chi connectivity index (χ1) is 12.1. The van der Waals surface area contributed by atoms with E-state index in [1.54, 1.807) is 7.11 Å². The summed E-state index contributed by atoms with van der Waals surface area (Å²) < 4.78 is 16.7. The van der Waals surface area contributed by atoms with Crippen molar-refractivity contribution >= 4 is 0 Å². The summed E-state index contributed by atoms with van der Waals surface area (Å²) in [6.07, 6.45) is 4.67. The summed E-state index contributed by atoms with van der Waals surface area (Å²) >= 11 is 0. The Labute approximate surface area is 150 Å². The smallest absolute Gasteiger partial charge is 0.123 e. The summed E-state index contributed by atoms with van der Waals surface area (Å²) in [7, 11) is 1.66. The molecule has 1 aromatic carbocycles. The lowest BCUT2D eigenvalue weighted by Gasteiger charge is -2.50. The maximum atomic E-state index is 11.0. The number of hydrogen-bond acceptors (Lipinski definition) is 5. The van der Waals surface area contributed by atoms with Gasteiger partial charge >= 0.3 is 0 Å². The van der Waals surface area contributed by atoms with Crippen LogP contribution in [-0.2, 0) is 11.2 Å². The number of rotatable bonds is 9. The zero-order valence-corrected chi connectivity index (χ0v) is 15.1. The zero-order chi connectivity index (χ0) is 17.7. The van der Waals surface area contributed by atoms with Crippen LogP contribution >= 0.6 is 0 Å². The van der Waals surface area contributed by atoms with E-state index >= 15 is 0 Å². The SMILES string of the molecule is C=CCc1cc(OCCOC)ccc1OCC1(O)CN2CCC1CC2. The van der Waals surface area contributed by atoms with E-state index in [0.29, 0.717) is 38.7 Å². The summed E-state index contributed by atoms with van der Waals surface area (Å²) in [5.74, 6) is 1.93. The summed E-state index contributed by atoms with van der Waals surface area (Å²) in [6.45, 7) is 8.14. The van der Waals surface area contributed by atoms with Crippen molar-refractivity contribution in [3.05, 3.63) is 36.4 Å². The second-order valence-corrected chi connectivity index (χ2v) is 7.05. The molecule has 3 heterocycles. The Hall–Kier alpha value is -1.56. The average molecular weight is 347 g/mol. The summed E-state index contributed by atoms with van der Waals surface area (Å²) in [4.78, 5) is 2.33. The van der Waals surface area contributed by atoms with Crippen LogP contribution in [0.1, 0.15) is 18.4 Å². The predicted molar refractivity (Wildman–Crippen MR) is 97.3 cm³/mol. The van der Waals surface area contributed by atoms with E-state index < -0.39 is 5.60 Å². The van der Waals surface area contributed by atoms with Crippen molar-refractivity contribution in [2.75, 3.05) is 46.6 Å². The van der Waals surface area contributed by atoms with Crippen molar-refractivity contribution in [2.24, 2.45) is 5.92 Å². The minimum absolute atomic E-state index is 0.336. The normalized spacial score (nSPS) is 27.9. The predicted octanol–water partition coefficient (Wildman–Crippen LogP) is 2.28. The quantitative estimate of drug-likeness (QED) is 0.549. The van der Waals surface area contributed by atoms with Crippen molar-refractivity contribution in [1.82, 2.24) is 4.90 Å². The van der Waals surface area contributed by atoms with E-state index in [2.05, 4.69) is 11.5 Å². The number of nitrogens with zero attached hydrogens (tertiary/aromatic N) is 1. The Bertz CT molecular complexity index is 583. The molecule has 3 aliphatic heterocycles. The number of ether oxygens (including phenoxy) is 3. The molecule has 138 valence electrons. The average Bonchev–Trinajstić information content (AvgIpc) is 2.62. The van der Waals surface area contributed by atoms with Crippen LogP contribution in [0.2, 0.25) is 0 Å². The second-order valence-electron chi connectivity index (χ2n) is 7.05. The fraction of sp³-hybridized carbons (Fsp3) is 0.600. The van der Waals surface area contributed by atoms with E-state index in [4.69, 9.17) is 14.2 Å². The van der Waals surface area contributed by atoms with Crippen molar-refractivity contribution in [3.8, 4) is 11.5 Å². The second kappa shape index (κ2) is 8.21. The molecule has 0 saturated carbocycles. The fourth-order valence-corrected chi connectivity index (χ4v) is 3.86. The molecule has 3 saturated heterocycles. The Morgan fingerprint density at radius 2 is 2.08 bits per heavy atom. The van der Waals surface area contributed by atoms with E-state index in [1.165, 1.54) is 0 Å². The number of piperidine rings is 3. The van der Waals surface area contributed by atoms with E-state index in [9.17, 15) is 5.11 Å². The molecule has 0 spiro atoms. The highest BCUT2D eigenvalue weighted by Gasteiger charge is 2.46. The molecule has 3 fully saturated rings. The first-order valence-electron chi connectivity index (χ1n) is 9.08. The fourth-order valence-electron chi connectivity index (χ4n) is 3.86. The summed E-state index contributed by atoms with van der Waals surface area (Å²) in [5.41, 5.74) is 0.282. The van der Waals surface area contributed by atoms with Gasteiger partial charge in [0.2, 0.25) is 0 Å². The van der Waals surface area contributed by atoms with Crippen LogP contribution in [0.3, 0.4) is 0 Å². The minimum Gasteiger partial charge on any atom is -0.491 e. The largest absolute Gasteiger partial charge is 0.491 e. The van der Waals surface area contributed by atoms with Crippen LogP contribution in [0.15, 0.2) is 30.9 Å². The molecule has 0 aromatic heterocycles. The topological polar surface area (TPSA) is 51.2 Å². The van der Waals surface area contributed by atoms with Crippen molar-refractivity contribution in [3.63, 3.8) is 0 Å². The van der Waals surface area contributed by atoms with E-state index in [0.717, 1.165) is 43.0 Å². The molecule has 0 aliphatic carbocycles. The van der Waals surface area contributed by atoms with Crippen molar-refractivity contribution in [1.29, 1.82) is 0 Å². The highest BCUT2D eigenvalue weighted by atomic mass is 16.5. The van der Waals surface area contributed by atoms with Crippen LogP contribution < -0.4 is 9.47 Å². The van der Waals surface area contributed by atoms with Gasteiger partial charge in [-0.05, 0) is 56.5 Å². The molecule has 0 radical (unpaired) electrons. The van der Waals surface area contributed by atoms with Gasteiger partial charge in [0.1, 0.15) is 30.3 Å². The monoisotopic (exact) mass is 347 g/mol. The van der Waals surface area contributed by atoms with Crippen molar-refractivity contribution < 1.29 is 19.3 Å². The molecule has 1 atom stereocenters. The van der Waals surface area contributed by atoms with Gasteiger partial charge in [-0.1, -0.05) is 6.08 Å². The third kappa shape index (κ3) is 4.35. The maximum Gasteiger partial charge on any atom is 0.123 e. The molecule has 1 N–H and O–H groups in total. The minimum atomic E-state index is -0.740. The van der Waals surface area contributed by atoms with Crippen LogP contribution in [0, 0.1) is 5.92 Å². The third-order valence-corrected chi connectivity index (χ3v) is 5.27. The molecular formula is C20H29NO4. The maximum absolute atomic E-state index is 11.0. The van der Waals surface area contributed by atoms with Crippen LogP contribution in [-0.4, -0.2) is 62.2 Å². The van der Waals surface area contributed by atoms with Gasteiger partial charge in [-0.25, -0.2) is 0 Å². The standard InChI is InChI=1S/C20H29NO4/c1-3-4-16-13-18(24-12-11-23-2)5-6-19(16)25-15-20(22)14-21-9-7-17(20)8-10-21/h3,5-6,13,17,22H,1,4,7-12,14-15H2,2H3. The van der Waals surface area contributed by atoms with Crippen LogP contribution in [0.4, 0.5) is 0 Å². The number of methoxy groups -OCH3 is 1. The van der Waals surface area contributed by atoms with E-state index in [-0.39, 0.29) is 0 Å². The van der Waals surface area contributed by atoms with E-state index in [1.807, 2.05) is 24.3 Å². The molecule has 0 amide bonds. The van der Waals surface area contributed by atoms with Crippen LogP contribution in [0.5, 0.6) is 11.5 Å².